The number of allylic oxidation sites excluding steroid dienone is 1. The van der Waals surface area contributed by atoms with E-state index in [4.69, 9.17) is 0 Å². The third-order valence-electron chi connectivity index (χ3n) is 5.60. The highest BCUT2D eigenvalue weighted by atomic mass is 16.2. The molecule has 1 saturated heterocycles. The molecular weight excluding hydrogens is 284 g/mol. The second-order valence-corrected chi connectivity index (χ2v) is 7.00. The van der Waals surface area contributed by atoms with Crippen LogP contribution in [0, 0.1) is 5.92 Å². The summed E-state index contributed by atoms with van der Waals surface area (Å²) in [7, 11) is 2.24. The molecule has 4 rings (SSSR count). The zero-order valence-electron chi connectivity index (χ0n) is 13.7. The van der Waals surface area contributed by atoms with Crippen LogP contribution in [0.5, 0.6) is 0 Å². The van der Waals surface area contributed by atoms with Gasteiger partial charge in [0.25, 0.3) is 5.91 Å². The van der Waals surface area contributed by atoms with E-state index in [2.05, 4.69) is 36.2 Å². The van der Waals surface area contributed by atoms with E-state index in [0.29, 0.717) is 12.0 Å². The number of carbonyl (C=O) groups excluding carboxylic acids is 1. The Bertz CT molecular complexity index is 676. The van der Waals surface area contributed by atoms with Crippen LogP contribution in [0.4, 0.5) is 0 Å². The van der Waals surface area contributed by atoms with Gasteiger partial charge < -0.3 is 9.80 Å². The minimum Gasteiger partial charge on any atom is -0.308 e. The molecule has 2 atom stereocenters. The molecular formula is C20H24N2O. The first-order chi connectivity index (χ1) is 11.2. The van der Waals surface area contributed by atoms with Gasteiger partial charge in [-0.1, -0.05) is 36.8 Å². The summed E-state index contributed by atoms with van der Waals surface area (Å²) in [5.41, 5.74) is 3.43. The van der Waals surface area contributed by atoms with Gasteiger partial charge in [-0.2, -0.15) is 0 Å². The fourth-order valence-corrected chi connectivity index (χ4v) is 4.35. The van der Waals surface area contributed by atoms with E-state index in [1.165, 1.54) is 31.4 Å². The second kappa shape index (κ2) is 5.97. The van der Waals surface area contributed by atoms with Gasteiger partial charge >= 0.3 is 0 Å². The number of hydrogen-bond acceptors (Lipinski definition) is 2. The van der Waals surface area contributed by atoms with Crippen molar-refractivity contribution in [1.82, 2.24) is 9.80 Å². The lowest BCUT2D eigenvalue weighted by molar-refractivity contribution is -0.123. The molecule has 1 amide bonds. The maximum absolute atomic E-state index is 12.6. The lowest BCUT2D eigenvalue weighted by atomic mass is 9.85. The van der Waals surface area contributed by atoms with Crippen LogP contribution < -0.4 is 0 Å². The first kappa shape index (κ1) is 14.7. The normalized spacial score (nSPS) is 28.0. The van der Waals surface area contributed by atoms with Gasteiger partial charge in [0, 0.05) is 29.9 Å². The summed E-state index contributed by atoms with van der Waals surface area (Å²) in [6, 6.07) is 8.92. The molecule has 0 unspecified atom stereocenters. The van der Waals surface area contributed by atoms with Gasteiger partial charge in [-0.3, -0.25) is 4.79 Å². The number of hydrogen-bond donors (Lipinski definition) is 0. The van der Waals surface area contributed by atoms with Crippen molar-refractivity contribution in [3.63, 3.8) is 0 Å². The fourth-order valence-electron chi connectivity index (χ4n) is 4.35. The van der Waals surface area contributed by atoms with Gasteiger partial charge in [-0.25, -0.2) is 0 Å². The molecule has 3 heterocycles. The molecule has 0 bridgehead atoms. The van der Waals surface area contributed by atoms with Crippen LogP contribution in [0.1, 0.15) is 36.8 Å². The standard InChI is InChI=1S/C20H24N2O/c1-21-13-5-4-8-18(21)16-9-11-19-17-7-3-2-6-15(17)10-12-20(23)22(19)14-16/h2-3,6-7,10-12,16,18H,4-5,8-9,13-14H2,1H3/t16-,18-/m1/s1. The molecule has 0 aliphatic carbocycles. The van der Waals surface area contributed by atoms with E-state index in [1.807, 2.05) is 17.0 Å². The summed E-state index contributed by atoms with van der Waals surface area (Å²) in [4.78, 5) is 17.1. The molecule has 3 aliphatic heterocycles. The fraction of sp³-hybridized carbons (Fsp3) is 0.450. The largest absolute Gasteiger partial charge is 0.308 e. The van der Waals surface area contributed by atoms with Crippen molar-refractivity contribution in [3.05, 3.63) is 47.5 Å². The highest BCUT2D eigenvalue weighted by Gasteiger charge is 2.34. The Morgan fingerprint density at radius 1 is 1.13 bits per heavy atom. The minimum absolute atomic E-state index is 0.121. The van der Waals surface area contributed by atoms with Gasteiger partial charge in [-0.15, -0.1) is 0 Å². The van der Waals surface area contributed by atoms with E-state index in [-0.39, 0.29) is 5.91 Å². The Hall–Kier alpha value is -1.87. The third kappa shape index (κ3) is 2.63. The smallest absolute Gasteiger partial charge is 0.251 e. The summed E-state index contributed by atoms with van der Waals surface area (Å²) < 4.78 is 0. The summed E-state index contributed by atoms with van der Waals surface area (Å²) in [5.74, 6) is 0.669. The lowest BCUT2D eigenvalue weighted by Gasteiger charge is -2.42. The van der Waals surface area contributed by atoms with Gasteiger partial charge in [0.05, 0.1) is 0 Å². The number of fused-ring (bicyclic) bond motifs is 3. The van der Waals surface area contributed by atoms with E-state index in [0.717, 1.165) is 24.2 Å². The van der Waals surface area contributed by atoms with Gasteiger partial charge in [0.15, 0.2) is 0 Å². The van der Waals surface area contributed by atoms with Crippen LogP contribution in [0.3, 0.4) is 0 Å². The number of piperidine rings is 1. The monoisotopic (exact) mass is 308 g/mol. The Kier molecular flexibility index (Phi) is 3.82. The molecule has 0 saturated carbocycles. The molecule has 120 valence electrons. The van der Waals surface area contributed by atoms with Crippen LogP contribution >= 0.6 is 0 Å². The number of rotatable bonds is 1. The zero-order chi connectivity index (χ0) is 15.8. The third-order valence-corrected chi connectivity index (χ3v) is 5.60. The van der Waals surface area contributed by atoms with Crippen molar-refractivity contribution in [2.24, 2.45) is 5.92 Å². The molecule has 1 fully saturated rings. The first-order valence-electron chi connectivity index (χ1n) is 8.73. The molecule has 3 nitrogen and oxygen atoms in total. The quantitative estimate of drug-likeness (QED) is 0.794. The van der Waals surface area contributed by atoms with E-state index < -0.39 is 0 Å². The van der Waals surface area contributed by atoms with Crippen LogP contribution in [-0.2, 0) is 4.79 Å². The van der Waals surface area contributed by atoms with E-state index in [1.54, 1.807) is 6.08 Å². The minimum atomic E-state index is 0.121. The van der Waals surface area contributed by atoms with Gasteiger partial charge in [-0.05, 0) is 50.4 Å². The first-order valence-corrected chi connectivity index (χ1v) is 8.73. The maximum atomic E-state index is 12.6. The lowest BCUT2D eigenvalue weighted by Crippen LogP contribution is -2.47. The van der Waals surface area contributed by atoms with Crippen LogP contribution in [0.25, 0.3) is 11.8 Å². The number of carbonyl (C=O) groups is 1. The van der Waals surface area contributed by atoms with E-state index in [9.17, 15) is 4.79 Å². The molecule has 3 heteroatoms. The average Bonchev–Trinajstić information content (AvgIpc) is 2.73. The molecule has 23 heavy (non-hydrogen) atoms. The molecule has 1 aromatic rings. The SMILES string of the molecule is CN1CCCC[C@@H]1[C@@H]1CC=C2c3ccccc3C=CC(=O)N2C1. The van der Waals surface area contributed by atoms with Crippen LogP contribution in [-0.4, -0.2) is 41.9 Å². The highest BCUT2D eigenvalue weighted by molar-refractivity contribution is 6.01. The number of amides is 1. The van der Waals surface area contributed by atoms with Crippen molar-refractivity contribution in [3.8, 4) is 0 Å². The maximum Gasteiger partial charge on any atom is 0.251 e. The zero-order valence-corrected chi connectivity index (χ0v) is 13.7. The Balaban J connectivity index is 1.66. The van der Waals surface area contributed by atoms with Crippen molar-refractivity contribution < 1.29 is 4.79 Å². The topological polar surface area (TPSA) is 23.6 Å². The summed E-state index contributed by atoms with van der Waals surface area (Å²) in [6.07, 6.45) is 10.9. The highest BCUT2D eigenvalue weighted by Crippen LogP contribution is 2.36. The summed E-state index contributed by atoms with van der Waals surface area (Å²) in [5, 5.41) is 0. The Morgan fingerprint density at radius 2 is 2.00 bits per heavy atom. The molecule has 0 N–H and O–H groups in total. The summed E-state index contributed by atoms with van der Waals surface area (Å²) in [6.45, 7) is 2.03. The van der Waals surface area contributed by atoms with Gasteiger partial charge in [0.2, 0.25) is 0 Å². The van der Waals surface area contributed by atoms with Crippen molar-refractivity contribution in [1.29, 1.82) is 0 Å². The van der Waals surface area contributed by atoms with Crippen molar-refractivity contribution >= 4 is 17.7 Å². The van der Waals surface area contributed by atoms with Crippen LogP contribution in [0.2, 0.25) is 0 Å². The number of nitrogens with zero attached hydrogens (tertiary/aromatic N) is 2. The molecule has 0 spiro atoms. The predicted molar refractivity (Wildman–Crippen MR) is 93.5 cm³/mol. The van der Waals surface area contributed by atoms with Crippen LogP contribution in [0.15, 0.2) is 36.4 Å². The number of benzene rings is 1. The van der Waals surface area contributed by atoms with Crippen molar-refractivity contribution in [2.75, 3.05) is 20.1 Å². The predicted octanol–water partition coefficient (Wildman–Crippen LogP) is 3.39. The molecule has 0 radical (unpaired) electrons. The van der Waals surface area contributed by atoms with E-state index >= 15 is 0 Å². The van der Waals surface area contributed by atoms with Crippen molar-refractivity contribution in [2.45, 2.75) is 31.7 Å². The molecule has 0 aromatic heterocycles. The number of likely N-dealkylation sites (tertiary alicyclic amines) is 1. The molecule has 1 aromatic carbocycles. The van der Waals surface area contributed by atoms with Gasteiger partial charge in [0.1, 0.15) is 0 Å². The average molecular weight is 308 g/mol. The second-order valence-electron chi connectivity index (χ2n) is 7.00. The summed E-state index contributed by atoms with van der Waals surface area (Å²) >= 11 is 0. The Morgan fingerprint density at radius 3 is 2.87 bits per heavy atom. The Labute approximate surface area is 138 Å². The molecule has 3 aliphatic rings.